The van der Waals surface area contributed by atoms with E-state index < -0.39 is 15.4 Å². The van der Waals surface area contributed by atoms with Crippen LogP contribution in [0.15, 0.2) is 0 Å². The lowest BCUT2D eigenvalue weighted by atomic mass is 9.80. The lowest BCUT2D eigenvalue weighted by Crippen LogP contribution is -2.60. The summed E-state index contributed by atoms with van der Waals surface area (Å²) < 4.78 is 32.7. The van der Waals surface area contributed by atoms with Gasteiger partial charge >= 0.3 is 0 Å². The Labute approximate surface area is 171 Å². The van der Waals surface area contributed by atoms with Crippen molar-refractivity contribution in [2.75, 3.05) is 19.4 Å². The molecule has 2 rings (SSSR count). The largest absolute Gasteiger partial charge is 0.376 e. The summed E-state index contributed by atoms with van der Waals surface area (Å²) >= 11 is 0. The van der Waals surface area contributed by atoms with Gasteiger partial charge in [-0.25, -0.2) is 13.1 Å². The average molecular weight is 417 g/mol. The number of piperidine rings is 1. The molecule has 2 atom stereocenters. The van der Waals surface area contributed by atoms with Crippen molar-refractivity contribution in [1.82, 2.24) is 9.62 Å². The molecule has 0 bridgehead atoms. The number of nitrogens with one attached hydrogen (secondary N) is 1. The molecule has 1 amide bonds. The third-order valence-corrected chi connectivity index (χ3v) is 6.94. The highest BCUT2D eigenvalue weighted by atomic mass is 32.2. The fourth-order valence-electron chi connectivity index (χ4n) is 4.52. The molecule has 0 radical (unpaired) electrons. The number of carbonyl (C=O) groups is 1. The molecule has 1 aliphatic carbocycles. The number of amides is 1. The van der Waals surface area contributed by atoms with E-state index in [1.807, 2.05) is 25.7 Å². The third kappa shape index (κ3) is 6.70. The van der Waals surface area contributed by atoms with E-state index in [0.29, 0.717) is 19.1 Å². The van der Waals surface area contributed by atoms with Gasteiger partial charge in [0.05, 0.1) is 25.0 Å². The van der Waals surface area contributed by atoms with E-state index in [4.69, 9.17) is 4.74 Å². The second-order valence-electron chi connectivity index (χ2n) is 10.1. The van der Waals surface area contributed by atoms with Gasteiger partial charge in [-0.15, -0.1) is 0 Å². The molecule has 1 N–H and O–H groups in total. The standard InChI is InChI=1S/C21H40N2O4S/c1-15(2)16-9-11-17(12-10-16)27-14-19-18(22-28(6,25)26)8-7-13-23(19)20(24)21(3,4)5/h15-19,22H,7-14H2,1-6H3/t16-,17+,18-,19-/m0/s1. The molecule has 6 nitrogen and oxygen atoms in total. The lowest BCUT2D eigenvalue weighted by molar-refractivity contribution is -0.147. The molecule has 0 aromatic rings. The number of hydrogen-bond acceptors (Lipinski definition) is 4. The highest BCUT2D eigenvalue weighted by molar-refractivity contribution is 7.88. The zero-order valence-electron chi connectivity index (χ0n) is 18.5. The first-order valence-corrected chi connectivity index (χ1v) is 12.7. The average Bonchev–Trinajstić information content (AvgIpc) is 2.58. The number of hydrogen-bond donors (Lipinski definition) is 1. The van der Waals surface area contributed by atoms with E-state index in [0.717, 1.165) is 31.6 Å². The van der Waals surface area contributed by atoms with Crippen molar-refractivity contribution in [3.8, 4) is 0 Å². The summed E-state index contributed by atoms with van der Waals surface area (Å²) in [5.74, 6) is 1.54. The maximum absolute atomic E-state index is 13.0. The van der Waals surface area contributed by atoms with Gasteiger partial charge in [0, 0.05) is 18.0 Å². The minimum Gasteiger partial charge on any atom is -0.376 e. The summed E-state index contributed by atoms with van der Waals surface area (Å²) in [6, 6.07) is -0.542. The Balaban J connectivity index is 2.07. The third-order valence-electron chi connectivity index (χ3n) is 6.21. The van der Waals surface area contributed by atoms with Crippen LogP contribution in [0.5, 0.6) is 0 Å². The molecule has 1 saturated carbocycles. The molecule has 0 spiro atoms. The summed E-state index contributed by atoms with van der Waals surface area (Å²) in [5.41, 5.74) is -0.499. The van der Waals surface area contributed by atoms with Crippen molar-refractivity contribution in [3.63, 3.8) is 0 Å². The van der Waals surface area contributed by atoms with Gasteiger partial charge in [-0.05, 0) is 50.4 Å². The van der Waals surface area contributed by atoms with Gasteiger partial charge in [0.25, 0.3) is 0 Å². The second-order valence-corrected chi connectivity index (χ2v) is 11.8. The van der Waals surface area contributed by atoms with Gasteiger partial charge in [-0.3, -0.25) is 4.79 Å². The van der Waals surface area contributed by atoms with E-state index in [1.54, 1.807) is 0 Å². The van der Waals surface area contributed by atoms with Crippen LogP contribution >= 0.6 is 0 Å². The SMILES string of the molecule is CC(C)[C@H]1CC[C@@H](OC[C@H]2[C@@H](NS(C)(=O)=O)CCCN2C(=O)C(C)(C)C)CC1. The molecule has 164 valence electrons. The van der Waals surface area contributed by atoms with E-state index in [2.05, 4.69) is 18.6 Å². The maximum Gasteiger partial charge on any atom is 0.228 e. The number of likely N-dealkylation sites (tertiary alicyclic amines) is 1. The molecule has 1 heterocycles. The summed E-state index contributed by atoms with van der Waals surface area (Å²) in [4.78, 5) is 14.9. The first-order valence-electron chi connectivity index (χ1n) is 10.8. The number of rotatable bonds is 6. The maximum atomic E-state index is 13.0. The van der Waals surface area contributed by atoms with Crippen molar-refractivity contribution < 1.29 is 17.9 Å². The van der Waals surface area contributed by atoms with E-state index >= 15 is 0 Å². The topological polar surface area (TPSA) is 75.7 Å². The molecule has 2 fully saturated rings. The summed E-state index contributed by atoms with van der Waals surface area (Å²) in [7, 11) is -3.34. The number of sulfonamides is 1. The Morgan fingerprint density at radius 2 is 1.75 bits per heavy atom. The smallest absolute Gasteiger partial charge is 0.228 e. The molecule has 2 aliphatic rings. The Hall–Kier alpha value is -0.660. The van der Waals surface area contributed by atoms with Crippen LogP contribution in [0.2, 0.25) is 0 Å². The number of nitrogens with zero attached hydrogens (tertiary/aromatic N) is 1. The Morgan fingerprint density at radius 3 is 2.25 bits per heavy atom. The van der Waals surface area contributed by atoms with Crippen LogP contribution in [0, 0.1) is 17.3 Å². The van der Waals surface area contributed by atoms with Crippen LogP contribution in [-0.4, -0.2) is 56.8 Å². The molecule has 28 heavy (non-hydrogen) atoms. The predicted molar refractivity (Wildman–Crippen MR) is 112 cm³/mol. The normalized spacial score (nSPS) is 29.9. The van der Waals surface area contributed by atoms with Crippen molar-refractivity contribution in [3.05, 3.63) is 0 Å². The van der Waals surface area contributed by atoms with Crippen LogP contribution < -0.4 is 4.72 Å². The lowest BCUT2D eigenvalue weighted by Gasteiger charge is -2.44. The minimum atomic E-state index is -3.34. The van der Waals surface area contributed by atoms with Crippen LogP contribution in [0.4, 0.5) is 0 Å². The Kier molecular flexibility index (Phi) is 7.96. The fraction of sp³-hybridized carbons (Fsp3) is 0.952. The zero-order valence-corrected chi connectivity index (χ0v) is 19.3. The molecule has 1 aliphatic heterocycles. The second kappa shape index (κ2) is 9.43. The van der Waals surface area contributed by atoms with E-state index in [-0.39, 0.29) is 24.1 Å². The first kappa shape index (κ1) is 23.6. The first-order chi connectivity index (χ1) is 12.9. The van der Waals surface area contributed by atoms with Crippen molar-refractivity contribution in [2.24, 2.45) is 17.3 Å². The summed E-state index contributed by atoms with van der Waals surface area (Å²) in [6.45, 7) is 11.4. The highest BCUT2D eigenvalue weighted by Crippen LogP contribution is 2.32. The Morgan fingerprint density at radius 1 is 1.14 bits per heavy atom. The van der Waals surface area contributed by atoms with Crippen molar-refractivity contribution in [1.29, 1.82) is 0 Å². The van der Waals surface area contributed by atoms with E-state index in [1.165, 1.54) is 19.1 Å². The predicted octanol–water partition coefficient (Wildman–Crippen LogP) is 3.17. The summed E-state index contributed by atoms with van der Waals surface area (Å²) in [6.07, 6.45) is 7.39. The van der Waals surface area contributed by atoms with Crippen molar-refractivity contribution >= 4 is 15.9 Å². The molecular formula is C21H40N2O4S. The van der Waals surface area contributed by atoms with E-state index in [9.17, 15) is 13.2 Å². The fourth-order valence-corrected chi connectivity index (χ4v) is 5.34. The minimum absolute atomic E-state index is 0.0598. The Bertz CT molecular complexity index is 619. The molecule has 1 saturated heterocycles. The monoisotopic (exact) mass is 416 g/mol. The van der Waals surface area contributed by atoms with Crippen LogP contribution in [-0.2, 0) is 19.6 Å². The van der Waals surface area contributed by atoms with Gasteiger partial charge in [0.1, 0.15) is 0 Å². The molecule has 0 unspecified atom stereocenters. The molecule has 0 aromatic carbocycles. The van der Waals surface area contributed by atoms with Gasteiger partial charge < -0.3 is 9.64 Å². The van der Waals surface area contributed by atoms with Crippen LogP contribution in [0.3, 0.4) is 0 Å². The quantitative estimate of drug-likeness (QED) is 0.722. The van der Waals surface area contributed by atoms with Crippen molar-refractivity contribution in [2.45, 2.75) is 91.3 Å². The zero-order chi connectivity index (χ0) is 21.1. The van der Waals surface area contributed by atoms with Crippen LogP contribution in [0.25, 0.3) is 0 Å². The van der Waals surface area contributed by atoms with Crippen LogP contribution in [0.1, 0.15) is 73.1 Å². The number of ether oxygens (including phenoxy) is 1. The van der Waals surface area contributed by atoms with Gasteiger partial charge in [-0.1, -0.05) is 34.6 Å². The summed E-state index contributed by atoms with van der Waals surface area (Å²) in [5, 5.41) is 0. The van der Waals surface area contributed by atoms with Gasteiger partial charge in [-0.2, -0.15) is 0 Å². The van der Waals surface area contributed by atoms with Gasteiger partial charge in [0.15, 0.2) is 0 Å². The highest BCUT2D eigenvalue weighted by Gasteiger charge is 2.40. The molecular weight excluding hydrogens is 376 g/mol. The number of carbonyl (C=O) groups excluding carboxylic acids is 1. The van der Waals surface area contributed by atoms with Gasteiger partial charge in [0.2, 0.25) is 15.9 Å². The molecule has 0 aromatic heterocycles. The molecule has 7 heteroatoms.